The summed E-state index contributed by atoms with van der Waals surface area (Å²) in [5.74, 6) is -0.527. The second kappa shape index (κ2) is 8.39. The Bertz CT molecular complexity index is 1080. The largest absolute Gasteiger partial charge is 0.508 e. The average Bonchev–Trinajstić information content (AvgIpc) is 2.72. The molecule has 0 aliphatic heterocycles. The maximum Gasteiger partial charge on any atom is 0.337 e. The smallest absolute Gasteiger partial charge is 0.337 e. The van der Waals surface area contributed by atoms with E-state index in [2.05, 4.69) is 16.2 Å². The highest BCUT2D eigenvalue weighted by Crippen LogP contribution is 2.31. The molecule has 0 unspecified atom stereocenters. The molecular formula is C21H21N3O5. The van der Waals surface area contributed by atoms with Gasteiger partial charge in [0.1, 0.15) is 17.2 Å². The number of carbonyl (C=O) groups is 2. The van der Waals surface area contributed by atoms with Gasteiger partial charge in [-0.1, -0.05) is 31.2 Å². The molecule has 0 saturated heterocycles. The minimum Gasteiger partial charge on any atom is -0.508 e. The summed E-state index contributed by atoms with van der Waals surface area (Å²) in [5, 5.41) is 23.9. The zero-order valence-electron chi connectivity index (χ0n) is 15.9. The Morgan fingerprint density at radius 3 is 2.38 bits per heavy atom. The molecule has 0 spiro atoms. The molecule has 5 N–H and O–H groups in total. The van der Waals surface area contributed by atoms with E-state index in [0.717, 1.165) is 16.8 Å². The summed E-state index contributed by atoms with van der Waals surface area (Å²) < 4.78 is 5.33. The number of fused-ring (bicyclic) bond motifs is 1. The molecule has 0 atom stereocenters. The minimum absolute atomic E-state index is 0.0603. The van der Waals surface area contributed by atoms with Crippen LogP contribution in [0.5, 0.6) is 17.2 Å². The fraction of sp³-hybridized carbons (Fsp3) is 0.143. The van der Waals surface area contributed by atoms with Gasteiger partial charge in [0.05, 0.1) is 18.4 Å². The average molecular weight is 395 g/mol. The van der Waals surface area contributed by atoms with Crippen LogP contribution in [0.3, 0.4) is 0 Å². The number of phenols is 2. The van der Waals surface area contributed by atoms with Gasteiger partial charge in [0, 0.05) is 16.8 Å². The number of hydrazine groups is 1. The standard InChI is InChI=1S/C21H21N3O5/c1-3-12-10-15(18(26)11-17(12)25)20(27)23-24-21(28)22-16-8-9-19(29-2)14-7-5-4-6-13(14)16/h4-11,25-26H,3H2,1-2H3,(H,23,27)(H2,22,24,28). The van der Waals surface area contributed by atoms with E-state index in [-0.39, 0.29) is 17.1 Å². The molecule has 0 aromatic heterocycles. The third-order valence-corrected chi connectivity index (χ3v) is 4.46. The second-order valence-electron chi connectivity index (χ2n) is 6.25. The third kappa shape index (κ3) is 4.16. The van der Waals surface area contributed by atoms with Crippen molar-refractivity contribution >= 4 is 28.4 Å². The van der Waals surface area contributed by atoms with Crippen LogP contribution in [0.4, 0.5) is 10.5 Å². The van der Waals surface area contributed by atoms with E-state index in [1.807, 2.05) is 24.3 Å². The normalized spacial score (nSPS) is 10.4. The number of benzene rings is 3. The Morgan fingerprint density at radius 1 is 0.966 bits per heavy atom. The van der Waals surface area contributed by atoms with Gasteiger partial charge in [0.25, 0.3) is 5.91 Å². The SMILES string of the molecule is CCc1cc(C(=O)NNC(=O)Nc2ccc(OC)c3ccccc23)c(O)cc1O. The third-order valence-electron chi connectivity index (χ3n) is 4.46. The van der Waals surface area contributed by atoms with E-state index in [1.165, 1.54) is 6.07 Å². The van der Waals surface area contributed by atoms with Gasteiger partial charge in [-0.3, -0.25) is 10.2 Å². The lowest BCUT2D eigenvalue weighted by molar-refractivity contribution is 0.0935. The minimum atomic E-state index is -0.716. The van der Waals surface area contributed by atoms with E-state index in [0.29, 0.717) is 23.4 Å². The fourth-order valence-corrected chi connectivity index (χ4v) is 2.98. The van der Waals surface area contributed by atoms with Crippen LogP contribution in [0.25, 0.3) is 10.8 Å². The molecule has 0 aliphatic rings. The van der Waals surface area contributed by atoms with Gasteiger partial charge in [0.2, 0.25) is 0 Å². The second-order valence-corrected chi connectivity index (χ2v) is 6.25. The van der Waals surface area contributed by atoms with Crippen molar-refractivity contribution < 1.29 is 24.5 Å². The molecule has 0 bridgehead atoms. The van der Waals surface area contributed by atoms with Crippen LogP contribution in [-0.4, -0.2) is 29.3 Å². The molecule has 0 aliphatic carbocycles. The number of carbonyl (C=O) groups excluding carboxylic acids is 2. The van der Waals surface area contributed by atoms with Gasteiger partial charge in [-0.2, -0.15) is 0 Å². The lowest BCUT2D eigenvalue weighted by Gasteiger charge is -2.13. The molecule has 3 rings (SSSR count). The number of amides is 3. The summed E-state index contributed by atoms with van der Waals surface area (Å²) in [6, 6.07) is 12.6. The lowest BCUT2D eigenvalue weighted by Crippen LogP contribution is -2.44. The van der Waals surface area contributed by atoms with Crippen molar-refractivity contribution in [2.45, 2.75) is 13.3 Å². The van der Waals surface area contributed by atoms with E-state index in [4.69, 9.17) is 4.74 Å². The summed E-state index contributed by atoms with van der Waals surface area (Å²) in [7, 11) is 1.57. The van der Waals surface area contributed by atoms with Gasteiger partial charge in [-0.15, -0.1) is 0 Å². The zero-order chi connectivity index (χ0) is 21.0. The molecule has 0 heterocycles. The quantitative estimate of drug-likeness (QED) is 0.434. The maximum absolute atomic E-state index is 12.3. The molecule has 0 fully saturated rings. The molecule has 150 valence electrons. The molecule has 8 heteroatoms. The molecule has 3 amide bonds. The van der Waals surface area contributed by atoms with Crippen LogP contribution < -0.4 is 20.9 Å². The van der Waals surface area contributed by atoms with Crippen LogP contribution in [0.2, 0.25) is 0 Å². The highest BCUT2D eigenvalue weighted by molar-refractivity contribution is 6.05. The van der Waals surface area contributed by atoms with Gasteiger partial charge >= 0.3 is 6.03 Å². The van der Waals surface area contributed by atoms with Crippen molar-refractivity contribution in [2.24, 2.45) is 0 Å². The molecule has 8 nitrogen and oxygen atoms in total. The van der Waals surface area contributed by atoms with Crippen molar-refractivity contribution in [3.63, 3.8) is 0 Å². The first kappa shape index (κ1) is 19.8. The first-order valence-electron chi connectivity index (χ1n) is 8.92. The van der Waals surface area contributed by atoms with Crippen LogP contribution in [0, 0.1) is 0 Å². The van der Waals surface area contributed by atoms with Gasteiger partial charge < -0.3 is 20.3 Å². The summed E-state index contributed by atoms with van der Waals surface area (Å²) >= 11 is 0. The number of anilines is 1. The number of urea groups is 1. The Kier molecular flexibility index (Phi) is 5.73. The highest BCUT2D eigenvalue weighted by Gasteiger charge is 2.16. The van der Waals surface area contributed by atoms with Crippen LogP contribution in [-0.2, 0) is 6.42 Å². The summed E-state index contributed by atoms with van der Waals surface area (Å²) in [6.45, 7) is 1.80. The summed E-state index contributed by atoms with van der Waals surface area (Å²) in [6.07, 6.45) is 0.477. The number of hydrogen-bond donors (Lipinski definition) is 5. The first-order valence-corrected chi connectivity index (χ1v) is 8.92. The number of ether oxygens (including phenoxy) is 1. The molecule has 0 saturated carbocycles. The van der Waals surface area contributed by atoms with Crippen molar-refractivity contribution in [1.82, 2.24) is 10.9 Å². The zero-order valence-corrected chi connectivity index (χ0v) is 15.9. The topological polar surface area (TPSA) is 120 Å². The van der Waals surface area contributed by atoms with Crippen molar-refractivity contribution in [3.05, 3.63) is 59.7 Å². The number of methoxy groups -OCH3 is 1. The summed E-state index contributed by atoms with van der Waals surface area (Å²) in [5.41, 5.74) is 5.46. The molecule has 29 heavy (non-hydrogen) atoms. The molecular weight excluding hydrogens is 374 g/mol. The Hall–Kier alpha value is -3.94. The summed E-state index contributed by atoms with van der Waals surface area (Å²) in [4.78, 5) is 24.5. The molecule has 3 aromatic carbocycles. The fourth-order valence-electron chi connectivity index (χ4n) is 2.98. The van der Waals surface area contributed by atoms with E-state index < -0.39 is 11.9 Å². The number of hydrogen-bond acceptors (Lipinski definition) is 5. The predicted octanol–water partition coefficient (Wildman–Crippen LogP) is 3.29. The lowest BCUT2D eigenvalue weighted by atomic mass is 10.1. The van der Waals surface area contributed by atoms with Gasteiger partial charge in [0.15, 0.2) is 0 Å². The molecule has 0 radical (unpaired) electrons. The monoisotopic (exact) mass is 395 g/mol. The maximum atomic E-state index is 12.3. The van der Waals surface area contributed by atoms with Gasteiger partial charge in [-0.05, 0) is 30.2 Å². The number of aryl methyl sites for hydroxylation is 1. The van der Waals surface area contributed by atoms with Crippen molar-refractivity contribution in [1.29, 1.82) is 0 Å². The first-order chi connectivity index (χ1) is 13.9. The number of phenolic OH excluding ortho intramolecular Hbond substituents is 2. The number of aromatic hydroxyl groups is 2. The van der Waals surface area contributed by atoms with E-state index in [9.17, 15) is 19.8 Å². The van der Waals surface area contributed by atoms with Crippen molar-refractivity contribution in [3.8, 4) is 17.2 Å². The Labute approximate surface area is 167 Å². The van der Waals surface area contributed by atoms with Crippen LogP contribution >= 0.6 is 0 Å². The van der Waals surface area contributed by atoms with Crippen LogP contribution in [0.15, 0.2) is 48.5 Å². The molecule has 3 aromatic rings. The van der Waals surface area contributed by atoms with Crippen molar-refractivity contribution in [2.75, 3.05) is 12.4 Å². The number of nitrogens with one attached hydrogen (secondary N) is 3. The number of rotatable bonds is 4. The highest BCUT2D eigenvalue weighted by atomic mass is 16.5. The predicted molar refractivity (Wildman–Crippen MR) is 109 cm³/mol. The van der Waals surface area contributed by atoms with E-state index in [1.54, 1.807) is 26.2 Å². The van der Waals surface area contributed by atoms with Gasteiger partial charge in [-0.25, -0.2) is 10.2 Å². The Balaban J connectivity index is 1.71. The van der Waals surface area contributed by atoms with E-state index >= 15 is 0 Å². The Morgan fingerprint density at radius 2 is 1.69 bits per heavy atom. The van der Waals surface area contributed by atoms with Crippen LogP contribution in [0.1, 0.15) is 22.8 Å².